The van der Waals surface area contributed by atoms with Gasteiger partial charge in [-0.1, -0.05) is 13.8 Å². The molecule has 0 saturated carbocycles. The number of hydrogen-bond acceptors (Lipinski definition) is 4. The van der Waals surface area contributed by atoms with Gasteiger partial charge in [0.05, 0.1) is 0 Å². The molecular weight excluding hydrogens is 176 g/mol. The summed E-state index contributed by atoms with van der Waals surface area (Å²) in [5, 5.41) is 0. The van der Waals surface area contributed by atoms with Crippen LogP contribution in [0.25, 0.3) is 0 Å². The van der Waals surface area contributed by atoms with Gasteiger partial charge in [0.1, 0.15) is 0 Å². The van der Waals surface area contributed by atoms with Crippen LogP contribution in [0.15, 0.2) is 0 Å². The zero-order valence-corrected chi connectivity index (χ0v) is 8.71. The van der Waals surface area contributed by atoms with Gasteiger partial charge in [0.2, 0.25) is 0 Å². The minimum absolute atomic E-state index is 0.0720. The molecule has 0 N–H and O–H groups in total. The highest BCUT2D eigenvalue weighted by atomic mass is 28.3. The first kappa shape index (κ1) is 11.2. The summed E-state index contributed by atoms with van der Waals surface area (Å²) in [5.41, 5.74) is 0.0720. The van der Waals surface area contributed by atoms with Gasteiger partial charge in [0.25, 0.3) is 11.9 Å². The zero-order valence-electron chi connectivity index (χ0n) is 7.71. The Kier molecular flexibility index (Phi) is 4.57. The van der Waals surface area contributed by atoms with Crippen LogP contribution in [-0.4, -0.2) is 21.2 Å². The topological polar surface area (TPSA) is 52.6 Å². The Balaban J connectivity index is 4.04. The first-order valence-corrected chi connectivity index (χ1v) is 5.06. The van der Waals surface area contributed by atoms with E-state index in [4.69, 9.17) is 8.85 Å². The van der Waals surface area contributed by atoms with Crippen molar-refractivity contribution < 1.29 is 18.4 Å². The predicted molar refractivity (Wildman–Crippen MR) is 44.4 cm³/mol. The van der Waals surface area contributed by atoms with Crippen molar-refractivity contribution in [1.82, 2.24) is 0 Å². The van der Waals surface area contributed by atoms with Crippen molar-refractivity contribution in [3.63, 3.8) is 0 Å². The van der Waals surface area contributed by atoms with Crippen molar-refractivity contribution in [3.05, 3.63) is 0 Å². The Morgan fingerprint density at radius 2 is 1.42 bits per heavy atom. The fraction of sp³-hybridized carbons (Fsp3) is 0.714. The molecular formula is C7H13O4Si. The van der Waals surface area contributed by atoms with Gasteiger partial charge in [0, 0.05) is 19.4 Å². The predicted octanol–water partition coefficient (Wildman–Crippen LogP) is 1.01. The van der Waals surface area contributed by atoms with Crippen LogP contribution >= 0.6 is 0 Å². The highest BCUT2D eigenvalue weighted by molar-refractivity contribution is 6.50. The lowest BCUT2D eigenvalue weighted by molar-refractivity contribution is -0.137. The van der Waals surface area contributed by atoms with E-state index in [1.807, 2.05) is 13.8 Å². The Morgan fingerprint density at radius 3 is 1.58 bits per heavy atom. The van der Waals surface area contributed by atoms with Crippen LogP contribution in [-0.2, 0) is 18.4 Å². The minimum Gasteiger partial charge on any atom is -0.483 e. The molecule has 0 rings (SSSR count). The smallest absolute Gasteiger partial charge is 0.483 e. The second-order valence-corrected chi connectivity index (χ2v) is 4.86. The maximum Gasteiger partial charge on any atom is 0.539 e. The highest BCUT2D eigenvalue weighted by Gasteiger charge is 2.27. The first-order chi connectivity index (χ1) is 5.43. The molecule has 0 amide bonds. The third-order valence-electron chi connectivity index (χ3n) is 0.960. The summed E-state index contributed by atoms with van der Waals surface area (Å²) in [5.74, 6) is -0.808. The quantitative estimate of drug-likeness (QED) is 0.622. The van der Waals surface area contributed by atoms with Crippen molar-refractivity contribution in [3.8, 4) is 0 Å². The summed E-state index contributed by atoms with van der Waals surface area (Å²) < 4.78 is 9.68. The molecule has 0 fully saturated rings. The maximum absolute atomic E-state index is 10.6. The molecule has 0 atom stereocenters. The molecule has 0 unspecified atom stereocenters. The monoisotopic (exact) mass is 189 g/mol. The maximum atomic E-state index is 10.6. The van der Waals surface area contributed by atoms with E-state index in [0.717, 1.165) is 0 Å². The molecule has 0 aliphatic carbocycles. The lowest BCUT2D eigenvalue weighted by Gasteiger charge is -2.14. The summed E-state index contributed by atoms with van der Waals surface area (Å²) in [6, 6.07) is 0. The van der Waals surface area contributed by atoms with Gasteiger partial charge in [0.15, 0.2) is 0 Å². The Morgan fingerprint density at radius 1 is 1.08 bits per heavy atom. The standard InChI is InChI=1S/C7H13O4Si/c1-5(2)12(10-6(3)8)11-7(4)9/h5H,1-4H3. The van der Waals surface area contributed by atoms with Crippen molar-refractivity contribution in [2.45, 2.75) is 33.2 Å². The number of carbonyl (C=O) groups excluding carboxylic acids is 2. The fourth-order valence-electron chi connectivity index (χ4n) is 0.540. The average Bonchev–Trinajstić information content (AvgIpc) is 1.83. The normalized spacial score (nSPS) is 10.2. The number of rotatable bonds is 3. The van der Waals surface area contributed by atoms with Crippen LogP contribution in [0, 0.1) is 0 Å². The van der Waals surface area contributed by atoms with E-state index >= 15 is 0 Å². The highest BCUT2D eigenvalue weighted by Crippen LogP contribution is 2.10. The lowest BCUT2D eigenvalue weighted by Crippen LogP contribution is -2.30. The molecule has 0 bridgehead atoms. The third kappa shape index (κ3) is 4.89. The van der Waals surface area contributed by atoms with Gasteiger partial charge in [-0.3, -0.25) is 9.59 Å². The van der Waals surface area contributed by atoms with Gasteiger partial charge in [-0.05, 0) is 0 Å². The van der Waals surface area contributed by atoms with Crippen LogP contribution in [0.5, 0.6) is 0 Å². The van der Waals surface area contributed by atoms with E-state index in [0.29, 0.717) is 0 Å². The molecule has 0 aliphatic rings. The molecule has 0 aromatic carbocycles. The van der Waals surface area contributed by atoms with Crippen LogP contribution in [0.1, 0.15) is 27.7 Å². The third-order valence-corrected chi connectivity index (χ3v) is 2.88. The molecule has 4 nitrogen and oxygen atoms in total. The SMILES string of the molecule is CC(=O)O[Si](OC(C)=O)C(C)C. The van der Waals surface area contributed by atoms with E-state index in [9.17, 15) is 9.59 Å². The minimum atomic E-state index is -1.76. The molecule has 0 heterocycles. The second kappa shape index (κ2) is 4.92. The van der Waals surface area contributed by atoms with Gasteiger partial charge < -0.3 is 8.85 Å². The fourth-order valence-corrected chi connectivity index (χ4v) is 1.62. The van der Waals surface area contributed by atoms with Gasteiger partial charge in [-0.25, -0.2) is 0 Å². The number of carbonyl (C=O) groups is 2. The first-order valence-electron chi connectivity index (χ1n) is 3.67. The van der Waals surface area contributed by atoms with Crippen LogP contribution in [0.4, 0.5) is 0 Å². The molecule has 69 valence electrons. The van der Waals surface area contributed by atoms with Gasteiger partial charge in [-0.2, -0.15) is 0 Å². The molecule has 0 aliphatic heterocycles. The molecule has 1 radical (unpaired) electrons. The van der Waals surface area contributed by atoms with Crippen molar-refractivity contribution in [2.75, 3.05) is 0 Å². The summed E-state index contributed by atoms with van der Waals surface area (Å²) >= 11 is 0. The van der Waals surface area contributed by atoms with E-state index in [1.54, 1.807) is 0 Å². The van der Waals surface area contributed by atoms with E-state index in [2.05, 4.69) is 0 Å². The van der Waals surface area contributed by atoms with Gasteiger partial charge in [-0.15, -0.1) is 0 Å². The molecule has 0 aromatic heterocycles. The van der Waals surface area contributed by atoms with Crippen LogP contribution in [0.2, 0.25) is 5.54 Å². The van der Waals surface area contributed by atoms with E-state index < -0.39 is 21.2 Å². The summed E-state index contributed by atoms with van der Waals surface area (Å²) in [6.07, 6.45) is 0. The second-order valence-electron chi connectivity index (χ2n) is 2.66. The van der Waals surface area contributed by atoms with Crippen LogP contribution in [0.3, 0.4) is 0 Å². The Hall–Kier alpha value is -0.843. The molecule has 0 saturated heterocycles. The zero-order chi connectivity index (χ0) is 9.72. The summed E-state index contributed by atoms with van der Waals surface area (Å²) in [4.78, 5) is 21.1. The Labute approximate surface area is 73.7 Å². The van der Waals surface area contributed by atoms with Crippen LogP contribution < -0.4 is 0 Å². The van der Waals surface area contributed by atoms with E-state index in [1.165, 1.54) is 13.8 Å². The molecule has 12 heavy (non-hydrogen) atoms. The summed E-state index contributed by atoms with van der Waals surface area (Å²) in [6.45, 7) is 6.30. The van der Waals surface area contributed by atoms with Crippen molar-refractivity contribution >= 4 is 21.2 Å². The summed E-state index contributed by atoms with van der Waals surface area (Å²) in [7, 11) is -1.76. The molecule has 0 spiro atoms. The largest absolute Gasteiger partial charge is 0.539 e. The van der Waals surface area contributed by atoms with E-state index in [-0.39, 0.29) is 5.54 Å². The molecule has 5 heteroatoms. The van der Waals surface area contributed by atoms with Crippen molar-refractivity contribution in [1.29, 1.82) is 0 Å². The molecule has 0 aromatic rings. The Bertz CT molecular complexity index is 162. The lowest BCUT2D eigenvalue weighted by atomic mass is 10.6. The van der Waals surface area contributed by atoms with Gasteiger partial charge >= 0.3 is 9.28 Å². The number of hydrogen-bond donors (Lipinski definition) is 0. The van der Waals surface area contributed by atoms with Crippen molar-refractivity contribution in [2.24, 2.45) is 0 Å². The average molecular weight is 189 g/mol.